The topological polar surface area (TPSA) is 54.5 Å². The molecule has 3 rings (SSSR count). The van der Waals surface area contributed by atoms with Crippen LogP contribution < -0.4 is 0 Å². The maximum atomic E-state index is 13.3. The highest BCUT2D eigenvalue weighted by atomic mass is 32.2. The van der Waals surface area contributed by atoms with E-state index < -0.39 is 0 Å². The minimum Gasteiger partial charge on any atom is -0.340 e. The molecule has 1 N–H and O–H groups in total. The zero-order valence-electron chi connectivity index (χ0n) is 14.1. The average molecular weight is 342 g/mol. The van der Waals surface area contributed by atoms with Crippen LogP contribution in [0, 0.1) is 5.82 Å². The van der Waals surface area contributed by atoms with Gasteiger partial charge in [0.05, 0.1) is 17.1 Å². The van der Waals surface area contributed by atoms with Crippen LogP contribution in [0.4, 0.5) is 4.39 Å². The Morgan fingerprint density at radius 2 is 1.75 bits per heavy atom. The largest absolute Gasteiger partial charge is 0.340 e. The van der Waals surface area contributed by atoms with Crippen LogP contribution in [0.3, 0.4) is 0 Å². The van der Waals surface area contributed by atoms with Crippen LogP contribution in [0.1, 0.15) is 26.6 Å². The van der Waals surface area contributed by atoms with E-state index in [0.29, 0.717) is 5.16 Å². The van der Waals surface area contributed by atoms with Crippen LogP contribution in [0.25, 0.3) is 22.6 Å². The van der Waals surface area contributed by atoms with Crippen molar-refractivity contribution in [3.8, 4) is 22.6 Å². The average Bonchev–Trinajstić information content (AvgIpc) is 3.01. The molecule has 0 atom stereocenters. The van der Waals surface area contributed by atoms with Gasteiger partial charge in [-0.05, 0) is 36.6 Å². The first-order valence-corrected chi connectivity index (χ1v) is 8.85. The second-order valence-corrected chi connectivity index (χ2v) is 7.27. The molecule has 0 saturated heterocycles. The van der Waals surface area contributed by atoms with Crippen molar-refractivity contribution in [2.24, 2.45) is 0 Å². The lowest BCUT2D eigenvalue weighted by molar-refractivity contribution is 0.553. The predicted octanol–water partition coefficient (Wildman–Crippen LogP) is 4.69. The molecule has 24 heavy (non-hydrogen) atoms. The fourth-order valence-corrected chi connectivity index (χ4v) is 2.66. The van der Waals surface area contributed by atoms with Gasteiger partial charge in [0.25, 0.3) is 0 Å². The number of aromatic amines is 1. The summed E-state index contributed by atoms with van der Waals surface area (Å²) in [6.45, 7) is 6.28. The maximum Gasteiger partial charge on any atom is 0.187 e. The molecule has 0 fully saturated rings. The summed E-state index contributed by atoms with van der Waals surface area (Å²) in [6.07, 6.45) is 3.67. The van der Waals surface area contributed by atoms with Gasteiger partial charge in [0.2, 0.25) is 0 Å². The number of hydrogen-bond acceptors (Lipinski definition) is 4. The van der Waals surface area contributed by atoms with E-state index in [2.05, 4.69) is 35.7 Å². The monoisotopic (exact) mass is 342 g/mol. The molecule has 0 radical (unpaired) electrons. The van der Waals surface area contributed by atoms with E-state index in [1.807, 2.05) is 12.3 Å². The number of thioether (sulfide) groups is 1. The Balaban J connectivity index is 2.19. The summed E-state index contributed by atoms with van der Waals surface area (Å²) in [4.78, 5) is 17.0. The molecule has 0 spiro atoms. The van der Waals surface area contributed by atoms with Crippen LogP contribution in [0.15, 0.2) is 41.7 Å². The zero-order valence-corrected chi connectivity index (χ0v) is 14.9. The molecule has 0 amide bonds. The molecular formula is C18H19FN4S. The van der Waals surface area contributed by atoms with Crippen LogP contribution in [0.2, 0.25) is 0 Å². The number of imidazole rings is 1. The fourth-order valence-electron chi connectivity index (χ4n) is 2.31. The van der Waals surface area contributed by atoms with Gasteiger partial charge in [0.1, 0.15) is 11.6 Å². The summed E-state index contributed by atoms with van der Waals surface area (Å²) in [7, 11) is 0. The molecule has 124 valence electrons. The first-order chi connectivity index (χ1) is 11.4. The van der Waals surface area contributed by atoms with Gasteiger partial charge in [0.15, 0.2) is 5.16 Å². The van der Waals surface area contributed by atoms with Crippen molar-refractivity contribution in [2.45, 2.75) is 31.3 Å². The molecular weight excluding hydrogens is 323 g/mol. The van der Waals surface area contributed by atoms with Gasteiger partial charge in [-0.15, -0.1) is 0 Å². The Labute approximate surface area is 145 Å². The molecule has 0 unspecified atom stereocenters. The first-order valence-electron chi connectivity index (χ1n) is 7.62. The SMILES string of the molecule is CSc1nccc(-c2[nH]c(C(C)(C)C)nc2-c2ccc(F)cc2)n1. The van der Waals surface area contributed by atoms with Crippen LogP contribution >= 0.6 is 11.8 Å². The second-order valence-electron chi connectivity index (χ2n) is 6.49. The van der Waals surface area contributed by atoms with Crippen molar-refractivity contribution in [2.75, 3.05) is 6.26 Å². The minimum atomic E-state index is -0.265. The number of H-pyrrole nitrogens is 1. The Morgan fingerprint density at radius 3 is 2.38 bits per heavy atom. The van der Waals surface area contributed by atoms with E-state index in [9.17, 15) is 4.39 Å². The third kappa shape index (κ3) is 3.33. The molecule has 0 aliphatic heterocycles. The maximum absolute atomic E-state index is 13.3. The van der Waals surface area contributed by atoms with Gasteiger partial charge in [-0.2, -0.15) is 0 Å². The molecule has 2 heterocycles. The van der Waals surface area contributed by atoms with Crippen molar-refractivity contribution in [1.82, 2.24) is 19.9 Å². The van der Waals surface area contributed by atoms with Crippen LogP contribution in [-0.4, -0.2) is 26.2 Å². The molecule has 0 bridgehead atoms. The lowest BCUT2D eigenvalue weighted by Gasteiger charge is -2.14. The lowest BCUT2D eigenvalue weighted by atomic mass is 9.96. The molecule has 4 nitrogen and oxygen atoms in total. The van der Waals surface area contributed by atoms with E-state index in [-0.39, 0.29) is 11.2 Å². The highest BCUT2D eigenvalue weighted by Crippen LogP contribution is 2.33. The molecule has 0 aliphatic carbocycles. The Morgan fingerprint density at radius 1 is 1.04 bits per heavy atom. The Kier molecular flexibility index (Phi) is 4.41. The van der Waals surface area contributed by atoms with E-state index in [4.69, 9.17) is 4.98 Å². The van der Waals surface area contributed by atoms with E-state index in [1.54, 1.807) is 18.3 Å². The number of halogens is 1. The number of benzene rings is 1. The zero-order chi connectivity index (χ0) is 17.3. The molecule has 2 aromatic heterocycles. The molecule has 3 aromatic rings. The third-order valence-corrected chi connectivity index (χ3v) is 4.17. The quantitative estimate of drug-likeness (QED) is 0.554. The summed E-state index contributed by atoms with van der Waals surface area (Å²) >= 11 is 1.49. The Hall–Kier alpha value is -2.21. The van der Waals surface area contributed by atoms with Crippen molar-refractivity contribution in [3.05, 3.63) is 48.2 Å². The van der Waals surface area contributed by atoms with Crippen LogP contribution in [0.5, 0.6) is 0 Å². The van der Waals surface area contributed by atoms with Crippen molar-refractivity contribution in [1.29, 1.82) is 0 Å². The summed E-state index contributed by atoms with van der Waals surface area (Å²) in [5, 5.41) is 0.699. The summed E-state index contributed by atoms with van der Waals surface area (Å²) in [5.74, 6) is 0.597. The van der Waals surface area contributed by atoms with Crippen molar-refractivity contribution < 1.29 is 4.39 Å². The standard InChI is InChI=1S/C18H19FN4S/c1-18(2,3)16-22-14(11-5-7-12(19)8-6-11)15(23-16)13-9-10-20-17(21-13)24-4/h5-10H,1-4H3,(H,22,23). The Bertz CT molecular complexity index is 850. The predicted molar refractivity (Wildman–Crippen MR) is 95.5 cm³/mol. The smallest absolute Gasteiger partial charge is 0.187 e. The normalized spacial score (nSPS) is 11.7. The number of rotatable bonds is 3. The highest BCUT2D eigenvalue weighted by molar-refractivity contribution is 7.98. The van der Waals surface area contributed by atoms with Crippen molar-refractivity contribution in [3.63, 3.8) is 0 Å². The van der Waals surface area contributed by atoms with Gasteiger partial charge >= 0.3 is 0 Å². The summed E-state index contributed by atoms with van der Waals surface area (Å²) in [5.41, 5.74) is 3.08. The number of aromatic nitrogens is 4. The third-order valence-electron chi connectivity index (χ3n) is 3.60. The summed E-state index contributed by atoms with van der Waals surface area (Å²) in [6, 6.07) is 8.21. The molecule has 1 aromatic carbocycles. The molecule has 0 aliphatic rings. The van der Waals surface area contributed by atoms with Crippen LogP contribution in [-0.2, 0) is 5.41 Å². The molecule has 0 saturated carbocycles. The first kappa shape index (κ1) is 16.6. The highest BCUT2D eigenvalue weighted by Gasteiger charge is 2.23. The van der Waals surface area contributed by atoms with E-state index >= 15 is 0 Å². The number of hydrogen-bond donors (Lipinski definition) is 1. The minimum absolute atomic E-state index is 0.137. The van der Waals surface area contributed by atoms with Gasteiger partial charge < -0.3 is 4.98 Å². The van der Waals surface area contributed by atoms with Gasteiger partial charge in [-0.3, -0.25) is 0 Å². The fraction of sp³-hybridized carbons (Fsp3) is 0.278. The molecule has 6 heteroatoms. The number of nitrogens with one attached hydrogen (secondary N) is 1. The van der Waals surface area contributed by atoms with E-state index in [0.717, 1.165) is 28.5 Å². The van der Waals surface area contributed by atoms with Gasteiger partial charge in [-0.25, -0.2) is 19.3 Å². The van der Waals surface area contributed by atoms with Crippen molar-refractivity contribution >= 4 is 11.8 Å². The summed E-state index contributed by atoms with van der Waals surface area (Å²) < 4.78 is 13.3. The van der Waals surface area contributed by atoms with Gasteiger partial charge in [-0.1, -0.05) is 32.5 Å². The number of nitrogens with zero attached hydrogens (tertiary/aromatic N) is 3. The van der Waals surface area contributed by atoms with E-state index in [1.165, 1.54) is 23.9 Å². The second kappa shape index (κ2) is 6.36. The van der Waals surface area contributed by atoms with Gasteiger partial charge in [0, 0.05) is 17.2 Å². The lowest BCUT2D eigenvalue weighted by Crippen LogP contribution is -2.13.